The van der Waals surface area contributed by atoms with Crippen molar-refractivity contribution in [1.82, 2.24) is 4.90 Å². The number of allylic oxidation sites excluding steroid dienone is 4. The quantitative estimate of drug-likeness (QED) is 0.633. The number of ether oxygens (including phenoxy) is 2. The molecule has 6 aliphatic rings. The highest BCUT2D eigenvalue weighted by Gasteiger charge is 2.76. The highest BCUT2D eigenvalue weighted by atomic mass is 16.7. The van der Waals surface area contributed by atoms with Crippen molar-refractivity contribution in [3.63, 3.8) is 0 Å². The molecular weight excluding hydrogens is 446 g/mol. The zero-order chi connectivity index (χ0) is 24.8. The number of ketones is 2. The van der Waals surface area contributed by atoms with E-state index in [0.29, 0.717) is 12.8 Å². The Morgan fingerprint density at radius 1 is 1.23 bits per heavy atom. The van der Waals surface area contributed by atoms with Gasteiger partial charge in [-0.1, -0.05) is 25.5 Å². The third-order valence-electron chi connectivity index (χ3n) is 11.0. The molecule has 2 N–H and O–H groups in total. The topological polar surface area (TPSA) is 96.3 Å². The van der Waals surface area contributed by atoms with E-state index in [0.717, 1.165) is 44.3 Å². The molecule has 0 amide bonds. The van der Waals surface area contributed by atoms with Crippen molar-refractivity contribution in [3.05, 3.63) is 23.8 Å². The first-order chi connectivity index (χ1) is 16.6. The smallest absolute Gasteiger partial charge is 0.193 e. The summed E-state index contributed by atoms with van der Waals surface area (Å²) in [6, 6.07) is 0. The van der Waals surface area contributed by atoms with Crippen molar-refractivity contribution in [3.8, 4) is 0 Å². The Labute approximate surface area is 207 Å². The highest BCUT2D eigenvalue weighted by Crippen LogP contribution is 2.70. The number of hydrogen-bond donors (Lipinski definition) is 2. The number of aliphatic hydroxyl groups excluding tert-OH is 2. The molecule has 2 saturated heterocycles. The second-order valence-corrected chi connectivity index (χ2v) is 12.5. The Morgan fingerprint density at radius 3 is 2.69 bits per heavy atom. The van der Waals surface area contributed by atoms with Crippen LogP contribution in [0.25, 0.3) is 0 Å². The first kappa shape index (κ1) is 24.0. The highest BCUT2D eigenvalue weighted by molar-refractivity contribution is 6.01. The van der Waals surface area contributed by atoms with Crippen LogP contribution in [0.1, 0.15) is 52.4 Å². The van der Waals surface area contributed by atoms with Gasteiger partial charge >= 0.3 is 0 Å². The number of likely N-dealkylation sites (tertiary alicyclic amines) is 1. The first-order valence-corrected chi connectivity index (χ1v) is 13.4. The molecule has 7 nitrogen and oxygen atoms in total. The summed E-state index contributed by atoms with van der Waals surface area (Å²) in [5.74, 6) is 0.255. The number of rotatable bonds is 3. The molecule has 9 atom stereocenters. The van der Waals surface area contributed by atoms with E-state index in [4.69, 9.17) is 9.47 Å². The number of carbonyl (C=O) groups excluding carboxylic acids is 2. The standard InChI is InChI=1S/C28H39NO6/c1-26-9-6-18(31)12-17(26)4-5-19-20-13-23-28(22(33)15-30,27(20,2)14-21(32)24(19)26)35-25(34-23)16-7-10-29(3)11-8-16/h6,9,12,16,19-21,23-25,30,32H,4-5,7-8,10-11,13-15H2,1-3H3/t19-,20-,21-,23+,24+,25?,26-,27-,28+/m0/s1. The van der Waals surface area contributed by atoms with Crippen LogP contribution in [0.4, 0.5) is 0 Å². The van der Waals surface area contributed by atoms with E-state index in [2.05, 4.69) is 25.8 Å². The number of fused-ring (bicyclic) bond motifs is 7. The number of aliphatic hydroxyl groups is 2. The van der Waals surface area contributed by atoms with Crippen molar-refractivity contribution in [2.24, 2.45) is 34.5 Å². The van der Waals surface area contributed by atoms with Crippen LogP contribution in [0, 0.1) is 34.5 Å². The molecule has 3 saturated carbocycles. The normalized spacial score (nSPS) is 49.7. The molecule has 192 valence electrons. The lowest BCUT2D eigenvalue weighted by atomic mass is 9.46. The molecule has 0 aromatic heterocycles. The predicted molar refractivity (Wildman–Crippen MR) is 128 cm³/mol. The van der Waals surface area contributed by atoms with Crippen LogP contribution in [0.5, 0.6) is 0 Å². The van der Waals surface area contributed by atoms with Crippen molar-refractivity contribution >= 4 is 11.6 Å². The van der Waals surface area contributed by atoms with Crippen molar-refractivity contribution in [2.45, 2.75) is 76.5 Å². The summed E-state index contributed by atoms with van der Waals surface area (Å²) >= 11 is 0. The van der Waals surface area contributed by atoms with Gasteiger partial charge in [-0.2, -0.15) is 0 Å². The molecule has 0 bridgehead atoms. The lowest BCUT2D eigenvalue weighted by Gasteiger charge is -2.59. The van der Waals surface area contributed by atoms with E-state index in [-0.39, 0.29) is 40.7 Å². The maximum atomic E-state index is 13.5. The molecule has 6 rings (SSSR count). The summed E-state index contributed by atoms with van der Waals surface area (Å²) < 4.78 is 13.3. The maximum absolute atomic E-state index is 13.5. The fourth-order valence-corrected chi connectivity index (χ4v) is 9.22. The fraction of sp³-hybridized carbons (Fsp3) is 0.786. The maximum Gasteiger partial charge on any atom is 0.193 e. The Balaban J connectivity index is 1.35. The van der Waals surface area contributed by atoms with E-state index in [1.807, 2.05) is 6.08 Å². The molecule has 4 aliphatic carbocycles. The van der Waals surface area contributed by atoms with Gasteiger partial charge in [-0.3, -0.25) is 9.59 Å². The summed E-state index contributed by atoms with van der Waals surface area (Å²) in [4.78, 5) is 27.9. The second-order valence-electron chi connectivity index (χ2n) is 12.5. The number of Topliss-reactive ketones (excluding diaryl/α,β-unsaturated/α-hetero) is 1. The van der Waals surface area contributed by atoms with Crippen LogP contribution in [-0.4, -0.2) is 77.5 Å². The van der Waals surface area contributed by atoms with Crippen molar-refractivity contribution < 1.29 is 29.3 Å². The monoisotopic (exact) mass is 485 g/mol. The van der Waals surface area contributed by atoms with E-state index >= 15 is 0 Å². The van der Waals surface area contributed by atoms with E-state index in [9.17, 15) is 19.8 Å². The third kappa shape index (κ3) is 3.14. The molecule has 0 radical (unpaired) electrons. The Bertz CT molecular complexity index is 984. The summed E-state index contributed by atoms with van der Waals surface area (Å²) in [6.07, 6.45) is 8.67. The van der Waals surface area contributed by atoms with Gasteiger partial charge in [0.15, 0.2) is 23.5 Å². The molecule has 2 heterocycles. The average molecular weight is 486 g/mol. The number of nitrogens with zero attached hydrogens (tertiary/aromatic N) is 1. The van der Waals surface area contributed by atoms with Crippen LogP contribution in [-0.2, 0) is 19.1 Å². The molecule has 0 aromatic rings. The van der Waals surface area contributed by atoms with Gasteiger partial charge in [0.05, 0.1) is 12.2 Å². The average Bonchev–Trinajstić information content (AvgIpc) is 3.32. The second kappa shape index (κ2) is 8.06. The van der Waals surface area contributed by atoms with Crippen LogP contribution in [0.2, 0.25) is 0 Å². The molecule has 2 aliphatic heterocycles. The molecular formula is C28H39NO6. The van der Waals surface area contributed by atoms with Gasteiger partial charge in [0.2, 0.25) is 0 Å². The first-order valence-electron chi connectivity index (χ1n) is 13.4. The van der Waals surface area contributed by atoms with Gasteiger partial charge in [-0.25, -0.2) is 0 Å². The van der Waals surface area contributed by atoms with E-state index < -0.39 is 36.1 Å². The Kier molecular flexibility index (Phi) is 5.52. The molecule has 0 aromatic carbocycles. The fourth-order valence-electron chi connectivity index (χ4n) is 9.22. The van der Waals surface area contributed by atoms with Gasteiger partial charge < -0.3 is 24.6 Å². The molecule has 1 unspecified atom stereocenters. The largest absolute Gasteiger partial charge is 0.393 e. The van der Waals surface area contributed by atoms with Gasteiger partial charge in [-0.05, 0) is 82.6 Å². The predicted octanol–water partition coefficient (Wildman–Crippen LogP) is 2.26. The zero-order valence-electron chi connectivity index (χ0n) is 21.1. The van der Waals surface area contributed by atoms with Gasteiger partial charge in [-0.15, -0.1) is 0 Å². The van der Waals surface area contributed by atoms with Gasteiger partial charge in [0.25, 0.3) is 0 Å². The number of piperidine rings is 1. The lowest BCUT2D eigenvalue weighted by molar-refractivity contribution is -0.210. The van der Waals surface area contributed by atoms with Crippen LogP contribution in [0.15, 0.2) is 23.8 Å². The summed E-state index contributed by atoms with van der Waals surface area (Å²) in [5, 5.41) is 21.8. The minimum atomic E-state index is -1.22. The molecule has 35 heavy (non-hydrogen) atoms. The zero-order valence-corrected chi connectivity index (χ0v) is 21.1. The van der Waals surface area contributed by atoms with E-state index in [1.165, 1.54) is 0 Å². The summed E-state index contributed by atoms with van der Waals surface area (Å²) in [6.45, 7) is 5.62. The summed E-state index contributed by atoms with van der Waals surface area (Å²) in [7, 11) is 2.12. The molecule has 5 fully saturated rings. The van der Waals surface area contributed by atoms with Crippen LogP contribution in [0.3, 0.4) is 0 Å². The number of carbonyl (C=O) groups is 2. The lowest BCUT2D eigenvalue weighted by Crippen LogP contribution is -2.63. The van der Waals surface area contributed by atoms with Crippen LogP contribution >= 0.6 is 0 Å². The minimum absolute atomic E-state index is 0.0188. The SMILES string of the molecule is CN1CCC(C2O[C@@H]3C[C@H]4[C@@H]5CCC6=CC(=O)C=C[C@]6(C)[C@H]5[C@@H](O)C[C@]4(C)[C@]3(C(=O)CO)O2)CC1. The Morgan fingerprint density at radius 2 is 1.97 bits per heavy atom. The molecule has 7 heteroatoms. The Hall–Kier alpha value is -1.38. The third-order valence-corrected chi connectivity index (χ3v) is 11.0. The van der Waals surface area contributed by atoms with Gasteiger partial charge in [0.1, 0.15) is 6.61 Å². The van der Waals surface area contributed by atoms with Crippen molar-refractivity contribution in [1.29, 1.82) is 0 Å². The minimum Gasteiger partial charge on any atom is -0.393 e. The van der Waals surface area contributed by atoms with Gasteiger partial charge in [0, 0.05) is 22.7 Å². The van der Waals surface area contributed by atoms with E-state index in [1.54, 1.807) is 12.2 Å². The van der Waals surface area contributed by atoms with Crippen LogP contribution < -0.4 is 0 Å². The molecule has 0 spiro atoms. The van der Waals surface area contributed by atoms with Crippen molar-refractivity contribution in [2.75, 3.05) is 26.7 Å². The summed E-state index contributed by atoms with van der Waals surface area (Å²) in [5.41, 5.74) is -1.09. The number of hydrogen-bond acceptors (Lipinski definition) is 7.